The molecule has 5 nitrogen and oxygen atoms in total. The molecule has 1 aromatic heterocycles. The summed E-state index contributed by atoms with van der Waals surface area (Å²) in [6.07, 6.45) is -0.00673. The van der Waals surface area contributed by atoms with Crippen LogP contribution in [0.15, 0.2) is 47.8 Å². The van der Waals surface area contributed by atoms with Crippen LogP contribution in [-0.4, -0.2) is 16.8 Å². The molecule has 2 aromatic carbocycles. The highest BCUT2D eigenvalue weighted by Crippen LogP contribution is 2.35. The van der Waals surface area contributed by atoms with Crippen molar-refractivity contribution in [3.63, 3.8) is 0 Å². The number of rotatable bonds is 3. The molecule has 136 valence electrons. The zero-order valence-electron chi connectivity index (χ0n) is 13.8. The van der Waals surface area contributed by atoms with Crippen LogP contribution < -0.4 is 10.6 Å². The molecule has 1 aliphatic heterocycles. The summed E-state index contributed by atoms with van der Waals surface area (Å²) >= 11 is 7.45. The first-order chi connectivity index (χ1) is 13.0. The molecule has 27 heavy (non-hydrogen) atoms. The van der Waals surface area contributed by atoms with E-state index in [1.807, 2.05) is 18.2 Å². The molecule has 0 fully saturated rings. The van der Waals surface area contributed by atoms with Crippen molar-refractivity contribution in [2.24, 2.45) is 0 Å². The number of fused-ring (bicyclic) bond motifs is 1. The number of carbonyl (C=O) groups is 2. The Morgan fingerprint density at radius 1 is 1.30 bits per heavy atom. The number of halogens is 2. The lowest BCUT2D eigenvalue weighted by Gasteiger charge is -2.24. The van der Waals surface area contributed by atoms with Gasteiger partial charge >= 0.3 is 0 Å². The van der Waals surface area contributed by atoms with Gasteiger partial charge in [0.25, 0.3) is 0 Å². The zero-order chi connectivity index (χ0) is 19.0. The molecular formula is C19H13ClFN3O2S. The van der Waals surface area contributed by atoms with Crippen molar-refractivity contribution >= 4 is 45.6 Å². The lowest BCUT2D eigenvalue weighted by atomic mass is 9.90. The van der Waals surface area contributed by atoms with Gasteiger partial charge in [-0.1, -0.05) is 35.9 Å². The Labute approximate surface area is 163 Å². The smallest absolute Gasteiger partial charge is 0.234 e. The van der Waals surface area contributed by atoms with Crippen LogP contribution >= 0.6 is 22.9 Å². The lowest BCUT2D eigenvalue weighted by molar-refractivity contribution is -0.123. The third-order valence-electron chi connectivity index (χ3n) is 4.25. The highest BCUT2D eigenvalue weighted by atomic mass is 35.5. The van der Waals surface area contributed by atoms with E-state index in [-0.39, 0.29) is 18.2 Å². The fourth-order valence-electron chi connectivity index (χ4n) is 2.99. The number of carbonyl (C=O) groups excluding carboxylic acids is 2. The highest BCUT2D eigenvalue weighted by Gasteiger charge is 2.31. The Hall–Kier alpha value is -2.77. The van der Waals surface area contributed by atoms with Crippen LogP contribution in [0.2, 0.25) is 5.02 Å². The van der Waals surface area contributed by atoms with E-state index < -0.39 is 11.7 Å². The van der Waals surface area contributed by atoms with Crippen LogP contribution in [0.4, 0.5) is 15.2 Å². The van der Waals surface area contributed by atoms with Gasteiger partial charge in [-0.3, -0.25) is 9.59 Å². The summed E-state index contributed by atoms with van der Waals surface area (Å²) in [5, 5.41) is 8.12. The summed E-state index contributed by atoms with van der Waals surface area (Å²) in [6.45, 7) is 0. The normalized spacial score (nSPS) is 15.8. The van der Waals surface area contributed by atoms with Gasteiger partial charge in [-0.25, -0.2) is 9.37 Å². The third kappa shape index (κ3) is 3.56. The van der Waals surface area contributed by atoms with Gasteiger partial charge in [-0.05, 0) is 23.8 Å². The second kappa shape index (κ2) is 7.09. The number of anilines is 2. The summed E-state index contributed by atoms with van der Waals surface area (Å²) in [5.74, 6) is -1.87. The fourth-order valence-corrected chi connectivity index (χ4v) is 3.93. The molecular weight excluding hydrogens is 389 g/mol. The van der Waals surface area contributed by atoms with Gasteiger partial charge in [0.1, 0.15) is 5.82 Å². The van der Waals surface area contributed by atoms with Crippen LogP contribution in [0.3, 0.4) is 0 Å². The first-order valence-corrected chi connectivity index (χ1v) is 9.37. The van der Waals surface area contributed by atoms with Crippen molar-refractivity contribution in [2.45, 2.75) is 12.3 Å². The quantitative estimate of drug-likeness (QED) is 0.670. The minimum atomic E-state index is -0.706. The predicted molar refractivity (Wildman–Crippen MR) is 104 cm³/mol. The largest absolute Gasteiger partial charge is 0.326 e. The molecule has 2 N–H and O–H groups in total. The summed E-state index contributed by atoms with van der Waals surface area (Å²) in [5.41, 5.74) is 2.33. The number of aromatic nitrogens is 1. The van der Waals surface area contributed by atoms with E-state index in [0.29, 0.717) is 27.1 Å². The molecule has 0 saturated heterocycles. The Morgan fingerprint density at radius 3 is 2.93 bits per heavy atom. The van der Waals surface area contributed by atoms with E-state index in [1.54, 1.807) is 11.4 Å². The molecule has 0 bridgehead atoms. The predicted octanol–water partition coefficient (Wildman–Crippen LogP) is 4.67. The Morgan fingerprint density at radius 2 is 2.11 bits per heavy atom. The van der Waals surface area contributed by atoms with Crippen molar-refractivity contribution in [1.29, 1.82) is 0 Å². The van der Waals surface area contributed by atoms with E-state index in [2.05, 4.69) is 15.6 Å². The Balaban J connectivity index is 1.57. The van der Waals surface area contributed by atoms with Gasteiger partial charge in [-0.15, -0.1) is 11.3 Å². The molecule has 0 spiro atoms. The van der Waals surface area contributed by atoms with Gasteiger partial charge < -0.3 is 10.6 Å². The van der Waals surface area contributed by atoms with E-state index in [9.17, 15) is 14.0 Å². The highest BCUT2D eigenvalue weighted by molar-refractivity contribution is 7.14. The second-order valence-corrected chi connectivity index (χ2v) is 7.31. The Kier molecular flexibility index (Phi) is 4.63. The molecule has 1 atom stereocenters. The monoisotopic (exact) mass is 401 g/mol. The standard InChI is InChI=1S/C19H13ClFN3O2S/c20-14-4-2-1-3-12(14)16-9-27-19(23-16)24-18(26)13-8-17(25)22-15-7-10(21)5-6-11(13)15/h1-7,9,13H,8H2,(H,22,25)(H,23,24,26)/t13-/m0/s1. The molecule has 0 aliphatic carbocycles. The van der Waals surface area contributed by atoms with Crippen molar-refractivity contribution < 1.29 is 14.0 Å². The average molecular weight is 402 g/mol. The van der Waals surface area contributed by atoms with Gasteiger partial charge in [0.05, 0.1) is 11.6 Å². The number of nitrogens with one attached hydrogen (secondary N) is 2. The maximum atomic E-state index is 13.4. The van der Waals surface area contributed by atoms with E-state index in [4.69, 9.17) is 11.6 Å². The summed E-state index contributed by atoms with van der Waals surface area (Å²) < 4.78 is 13.4. The molecule has 0 unspecified atom stereocenters. The summed E-state index contributed by atoms with van der Waals surface area (Å²) in [6, 6.07) is 11.3. The van der Waals surface area contributed by atoms with Crippen LogP contribution in [0.1, 0.15) is 17.9 Å². The maximum Gasteiger partial charge on any atom is 0.234 e. The van der Waals surface area contributed by atoms with Crippen LogP contribution in [-0.2, 0) is 9.59 Å². The number of amides is 2. The first kappa shape index (κ1) is 17.6. The van der Waals surface area contributed by atoms with Crippen LogP contribution in [0.25, 0.3) is 11.3 Å². The van der Waals surface area contributed by atoms with E-state index >= 15 is 0 Å². The molecule has 2 heterocycles. The third-order valence-corrected chi connectivity index (χ3v) is 5.34. The van der Waals surface area contributed by atoms with E-state index in [0.717, 1.165) is 5.56 Å². The molecule has 8 heteroatoms. The first-order valence-electron chi connectivity index (χ1n) is 8.12. The van der Waals surface area contributed by atoms with Crippen molar-refractivity contribution in [1.82, 2.24) is 4.98 Å². The molecule has 0 radical (unpaired) electrons. The van der Waals surface area contributed by atoms with Gasteiger partial charge in [0.15, 0.2) is 5.13 Å². The number of benzene rings is 2. The maximum absolute atomic E-state index is 13.4. The number of thiazole rings is 1. The summed E-state index contributed by atoms with van der Waals surface area (Å²) in [7, 11) is 0. The second-order valence-electron chi connectivity index (χ2n) is 6.04. The van der Waals surface area contributed by atoms with Gasteiger partial charge in [0, 0.05) is 28.1 Å². The topological polar surface area (TPSA) is 71.1 Å². The van der Waals surface area contributed by atoms with Crippen molar-refractivity contribution in [2.75, 3.05) is 10.6 Å². The number of nitrogens with zero attached hydrogens (tertiary/aromatic N) is 1. The van der Waals surface area contributed by atoms with Crippen LogP contribution in [0, 0.1) is 5.82 Å². The Bertz CT molecular complexity index is 1050. The number of hydrogen-bond acceptors (Lipinski definition) is 4. The van der Waals surface area contributed by atoms with Crippen molar-refractivity contribution in [3.05, 3.63) is 64.2 Å². The number of hydrogen-bond donors (Lipinski definition) is 2. The summed E-state index contributed by atoms with van der Waals surface area (Å²) in [4.78, 5) is 29.0. The van der Waals surface area contributed by atoms with Crippen LogP contribution in [0.5, 0.6) is 0 Å². The molecule has 1 aliphatic rings. The molecule has 3 aromatic rings. The van der Waals surface area contributed by atoms with Crippen molar-refractivity contribution in [3.8, 4) is 11.3 Å². The molecule has 2 amide bonds. The van der Waals surface area contributed by atoms with Gasteiger partial charge in [0.2, 0.25) is 11.8 Å². The molecule has 0 saturated carbocycles. The van der Waals surface area contributed by atoms with E-state index in [1.165, 1.54) is 29.5 Å². The minimum absolute atomic E-state index is 0.00673. The SMILES string of the molecule is O=C1C[C@H](C(=O)Nc2nc(-c3ccccc3Cl)cs2)c2ccc(F)cc2N1. The minimum Gasteiger partial charge on any atom is -0.326 e. The lowest BCUT2D eigenvalue weighted by Crippen LogP contribution is -2.30. The van der Waals surface area contributed by atoms with Gasteiger partial charge in [-0.2, -0.15) is 0 Å². The average Bonchev–Trinajstić information content (AvgIpc) is 3.09. The fraction of sp³-hybridized carbons (Fsp3) is 0.105. The zero-order valence-corrected chi connectivity index (χ0v) is 15.4. The molecule has 4 rings (SSSR count).